The smallest absolute Gasteiger partial charge is 0.244 e. The van der Waals surface area contributed by atoms with Crippen LogP contribution in [0.25, 0.3) is 22.0 Å². The summed E-state index contributed by atoms with van der Waals surface area (Å²) in [6.45, 7) is 0.811. The molecule has 0 bridgehead atoms. The zero-order chi connectivity index (χ0) is 18.1. The Hall–Kier alpha value is -2.95. The molecule has 1 fully saturated rings. The lowest BCUT2D eigenvalue weighted by Crippen LogP contribution is -2.43. The number of anilines is 1. The molecule has 2 heterocycles. The van der Waals surface area contributed by atoms with Crippen molar-refractivity contribution in [2.45, 2.75) is 18.9 Å². The molecule has 1 amide bonds. The zero-order valence-corrected chi connectivity index (χ0v) is 15.1. The van der Waals surface area contributed by atoms with Crippen LogP contribution < -0.4 is 4.90 Å². The Bertz CT molecular complexity index is 953. The minimum Gasteiger partial charge on any atom is -0.347 e. The van der Waals surface area contributed by atoms with E-state index >= 15 is 0 Å². The van der Waals surface area contributed by atoms with E-state index in [1.165, 1.54) is 10.8 Å². The highest BCUT2D eigenvalue weighted by atomic mass is 16.2. The number of benzene rings is 2. The van der Waals surface area contributed by atoms with Crippen molar-refractivity contribution in [3.05, 3.63) is 54.7 Å². The van der Waals surface area contributed by atoms with Crippen molar-refractivity contribution in [2.75, 3.05) is 25.5 Å². The fourth-order valence-corrected chi connectivity index (χ4v) is 3.56. The normalized spacial score (nSPS) is 16.8. The van der Waals surface area contributed by atoms with Crippen LogP contribution in [0.15, 0.2) is 54.7 Å². The fraction of sp³-hybridized carbons (Fsp3) is 0.286. The van der Waals surface area contributed by atoms with Crippen LogP contribution in [0.1, 0.15) is 12.8 Å². The molecule has 1 atom stereocenters. The van der Waals surface area contributed by atoms with Crippen molar-refractivity contribution in [3.8, 4) is 11.3 Å². The number of carbonyl (C=O) groups excluding carboxylic acids is 1. The summed E-state index contributed by atoms with van der Waals surface area (Å²) in [6.07, 6.45) is 3.61. The lowest BCUT2D eigenvalue weighted by Gasteiger charge is -2.26. The number of amides is 1. The molecule has 132 valence electrons. The van der Waals surface area contributed by atoms with Crippen LogP contribution in [0, 0.1) is 0 Å². The molecule has 0 unspecified atom stereocenters. The van der Waals surface area contributed by atoms with Crippen LogP contribution in [-0.2, 0) is 4.79 Å². The third-order valence-electron chi connectivity index (χ3n) is 4.92. The predicted molar refractivity (Wildman–Crippen MR) is 104 cm³/mol. The summed E-state index contributed by atoms with van der Waals surface area (Å²) in [5.74, 6) is 0.746. The summed E-state index contributed by atoms with van der Waals surface area (Å²) >= 11 is 0. The van der Waals surface area contributed by atoms with Crippen LogP contribution in [0.3, 0.4) is 0 Å². The molecule has 0 aliphatic carbocycles. The van der Waals surface area contributed by atoms with E-state index in [4.69, 9.17) is 4.98 Å². The van der Waals surface area contributed by atoms with E-state index in [2.05, 4.69) is 35.3 Å². The first-order valence-corrected chi connectivity index (χ1v) is 8.93. The number of likely N-dealkylation sites (N-methyl/N-ethyl adjacent to an activating group) is 1. The van der Waals surface area contributed by atoms with E-state index < -0.39 is 0 Å². The maximum absolute atomic E-state index is 12.5. The van der Waals surface area contributed by atoms with Crippen LogP contribution >= 0.6 is 0 Å². The molecule has 1 aromatic heterocycles. The van der Waals surface area contributed by atoms with E-state index in [0.29, 0.717) is 5.95 Å². The number of nitrogens with zero attached hydrogens (tertiary/aromatic N) is 4. The second kappa shape index (κ2) is 6.75. The van der Waals surface area contributed by atoms with Crippen molar-refractivity contribution < 1.29 is 4.79 Å². The number of hydrogen-bond donors (Lipinski definition) is 0. The quantitative estimate of drug-likeness (QED) is 0.730. The topological polar surface area (TPSA) is 49.3 Å². The van der Waals surface area contributed by atoms with Crippen LogP contribution in [0.4, 0.5) is 5.95 Å². The fourth-order valence-electron chi connectivity index (χ4n) is 3.56. The summed E-state index contributed by atoms with van der Waals surface area (Å²) in [5, 5.41) is 2.40. The van der Waals surface area contributed by atoms with Crippen molar-refractivity contribution in [1.29, 1.82) is 0 Å². The molecule has 0 spiro atoms. The Morgan fingerprint density at radius 1 is 1.12 bits per heavy atom. The molecule has 5 nitrogen and oxygen atoms in total. The summed E-state index contributed by atoms with van der Waals surface area (Å²) in [6, 6.07) is 16.4. The molecular formula is C21H22N4O. The van der Waals surface area contributed by atoms with Crippen molar-refractivity contribution >= 4 is 22.6 Å². The van der Waals surface area contributed by atoms with E-state index in [1.807, 2.05) is 23.1 Å². The second-order valence-corrected chi connectivity index (χ2v) is 6.89. The monoisotopic (exact) mass is 346 g/mol. The van der Waals surface area contributed by atoms with Gasteiger partial charge in [-0.25, -0.2) is 9.97 Å². The van der Waals surface area contributed by atoms with E-state index in [-0.39, 0.29) is 11.9 Å². The molecule has 0 radical (unpaired) electrons. The van der Waals surface area contributed by atoms with Gasteiger partial charge in [0.05, 0.1) is 5.69 Å². The highest BCUT2D eigenvalue weighted by Crippen LogP contribution is 2.27. The van der Waals surface area contributed by atoms with Gasteiger partial charge in [0.2, 0.25) is 11.9 Å². The molecule has 0 saturated carbocycles. The molecular weight excluding hydrogens is 324 g/mol. The summed E-state index contributed by atoms with van der Waals surface area (Å²) in [7, 11) is 3.59. The minimum atomic E-state index is -0.170. The van der Waals surface area contributed by atoms with Gasteiger partial charge in [-0.2, -0.15) is 0 Å². The minimum absolute atomic E-state index is 0.113. The van der Waals surface area contributed by atoms with Gasteiger partial charge in [-0.3, -0.25) is 4.79 Å². The molecule has 1 aliphatic heterocycles. The van der Waals surface area contributed by atoms with Gasteiger partial charge in [0.15, 0.2) is 0 Å². The third-order valence-corrected chi connectivity index (χ3v) is 4.92. The van der Waals surface area contributed by atoms with Crippen LogP contribution in [-0.4, -0.2) is 47.5 Å². The zero-order valence-electron chi connectivity index (χ0n) is 15.1. The average Bonchev–Trinajstić information content (AvgIpc) is 3.16. The molecule has 3 aromatic rings. The highest BCUT2D eigenvalue weighted by Gasteiger charge is 2.33. The van der Waals surface area contributed by atoms with Gasteiger partial charge >= 0.3 is 0 Å². The molecule has 4 rings (SSSR count). The third kappa shape index (κ3) is 3.01. The lowest BCUT2D eigenvalue weighted by molar-refractivity contribution is -0.129. The summed E-state index contributed by atoms with van der Waals surface area (Å²) in [4.78, 5) is 25.4. The summed E-state index contributed by atoms with van der Waals surface area (Å²) < 4.78 is 0. The van der Waals surface area contributed by atoms with Gasteiger partial charge in [0, 0.05) is 32.4 Å². The first-order chi connectivity index (χ1) is 12.6. The van der Waals surface area contributed by atoms with E-state index in [9.17, 15) is 4.79 Å². The maximum atomic E-state index is 12.5. The first kappa shape index (κ1) is 16.5. The number of aromatic nitrogens is 2. The lowest BCUT2D eigenvalue weighted by atomic mass is 10.1. The van der Waals surface area contributed by atoms with Gasteiger partial charge in [-0.15, -0.1) is 0 Å². The Balaban J connectivity index is 1.68. The number of carbonyl (C=O) groups is 1. The van der Waals surface area contributed by atoms with Gasteiger partial charge < -0.3 is 9.80 Å². The van der Waals surface area contributed by atoms with Crippen molar-refractivity contribution in [1.82, 2.24) is 14.9 Å². The Morgan fingerprint density at radius 3 is 2.73 bits per heavy atom. The Kier molecular flexibility index (Phi) is 4.29. The van der Waals surface area contributed by atoms with Crippen LogP contribution in [0.5, 0.6) is 0 Å². The molecule has 1 aliphatic rings. The van der Waals surface area contributed by atoms with E-state index in [0.717, 1.165) is 30.6 Å². The number of fused-ring (bicyclic) bond motifs is 1. The first-order valence-electron chi connectivity index (χ1n) is 8.93. The largest absolute Gasteiger partial charge is 0.347 e. The average molecular weight is 346 g/mol. The molecule has 0 N–H and O–H groups in total. The SMILES string of the molecule is CN(C)C(=O)[C@@H]1CCCN1c1nccc(-c2ccc3ccccc3c2)n1. The van der Waals surface area contributed by atoms with Gasteiger partial charge in [0.1, 0.15) is 6.04 Å². The van der Waals surface area contributed by atoms with Crippen LogP contribution in [0.2, 0.25) is 0 Å². The second-order valence-electron chi connectivity index (χ2n) is 6.89. The van der Waals surface area contributed by atoms with Gasteiger partial charge in [0.25, 0.3) is 0 Å². The van der Waals surface area contributed by atoms with Crippen molar-refractivity contribution in [3.63, 3.8) is 0 Å². The molecule has 26 heavy (non-hydrogen) atoms. The van der Waals surface area contributed by atoms with Crippen molar-refractivity contribution in [2.24, 2.45) is 0 Å². The molecule has 2 aromatic carbocycles. The molecule has 5 heteroatoms. The number of hydrogen-bond acceptors (Lipinski definition) is 4. The van der Waals surface area contributed by atoms with E-state index in [1.54, 1.807) is 25.2 Å². The standard InChI is InChI=1S/C21H22N4O/c1-24(2)20(26)19-8-5-13-25(19)21-22-12-11-18(23-21)17-10-9-15-6-3-4-7-16(15)14-17/h3-4,6-7,9-12,14,19H,5,8,13H2,1-2H3/t19-/m0/s1. The summed E-state index contributed by atoms with van der Waals surface area (Å²) in [5.41, 5.74) is 1.94. The predicted octanol–water partition coefficient (Wildman–Crippen LogP) is 3.35. The Morgan fingerprint density at radius 2 is 1.92 bits per heavy atom. The highest BCUT2D eigenvalue weighted by molar-refractivity contribution is 5.87. The Labute approximate surface area is 153 Å². The molecule has 1 saturated heterocycles. The number of rotatable bonds is 3. The maximum Gasteiger partial charge on any atom is 0.244 e. The van der Waals surface area contributed by atoms with Gasteiger partial charge in [-0.1, -0.05) is 36.4 Å². The van der Waals surface area contributed by atoms with Gasteiger partial charge in [-0.05, 0) is 35.7 Å².